The molecule has 1 rings (SSSR count). The smallest absolute Gasteiger partial charge is 0.748 e. The Morgan fingerprint density at radius 2 is 1.62 bits per heavy atom. The van der Waals surface area contributed by atoms with Gasteiger partial charge in [-0.05, 0) is 13.3 Å². The molecule has 0 saturated carbocycles. The molecule has 0 aromatic carbocycles. The summed E-state index contributed by atoms with van der Waals surface area (Å²) in [6, 6.07) is 0. The molecule has 0 aromatic heterocycles. The van der Waals surface area contributed by atoms with Crippen molar-refractivity contribution < 1.29 is 78.0 Å². The van der Waals surface area contributed by atoms with Gasteiger partial charge in [-0.25, -0.2) is 16.8 Å². The molecule has 0 radical (unpaired) electrons. The number of hydrogen-bond donors (Lipinski definition) is 0. The average Bonchev–Trinajstić information content (AvgIpc) is 2.49. The van der Waals surface area contributed by atoms with Crippen LogP contribution in [-0.2, 0) is 34.6 Å². The van der Waals surface area contributed by atoms with Gasteiger partial charge < -0.3 is 13.8 Å². The predicted molar refractivity (Wildman–Crippen MR) is 56.5 cm³/mol. The van der Waals surface area contributed by atoms with Crippen LogP contribution in [0.25, 0.3) is 0 Å². The van der Waals surface area contributed by atoms with Gasteiger partial charge in [0.05, 0.1) is 43.1 Å². The van der Waals surface area contributed by atoms with E-state index in [0.717, 1.165) is 6.92 Å². The number of hydrogen-bond acceptors (Lipinski definition) is 9. The van der Waals surface area contributed by atoms with Crippen LogP contribution in [-0.4, -0.2) is 48.4 Å². The third-order valence-corrected chi connectivity index (χ3v) is 5.58. The van der Waals surface area contributed by atoms with E-state index in [1.807, 2.05) is 0 Å². The number of carbonyl (C=O) groups is 2. The maximum atomic E-state index is 11.2. The van der Waals surface area contributed by atoms with Crippen LogP contribution in [0.4, 0.5) is 0 Å². The number of rotatable bonds is 5. The number of carbonyl (C=O) groups excluding carboxylic acids is 2. The molecule has 9 nitrogen and oxygen atoms in total. The van der Waals surface area contributed by atoms with Crippen molar-refractivity contribution in [2.24, 2.45) is 5.92 Å². The average molecular weight is 328 g/mol. The van der Waals surface area contributed by atoms with E-state index in [2.05, 4.69) is 4.74 Å². The minimum absolute atomic E-state index is 0. The minimum atomic E-state index is -5.12. The van der Waals surface area contributed by atoms with Crippen molar-refractivity contribution in [3.8, 4) is 0 Å². The van der Waals surface area contributed by atoms with E-state index in [-0.39, 0.29) is 37.7 Å². The first-order valence-electron chi connectivity index (χ1n) is 5.07. The Bertz CT molecular complexity index is 597. The molecule has 13 heteroatoms. The Kier molecular flexibility index (Phi) is 9.07. The van der Waals surface area contributed by atoms with Gasteiger partial charge in [0.25, 0.3) is 0 Å². The zero-order valence-corrected chi connectivity index (χ0v) is 13.3. The summed E-state index contributed by atoms with van der Waals surface area (Å²) in [4.78, 5) is 22.0. The fourth-order valence-electron chi connectivity index (χ4n) is 1.71. The van der Waals surface area contributed by atoms with Crippen molar-refractivity contribution in [2.75, 3.05) is 0 Å². The van der Waals surface area contributed by atoms with E-state index >= 15 is 0 Å². The van der Waals surface area contributed by atoms with Crippen LogP contribution in [0.2, 0.25) is 0 Å². The van der Waals surface area contributed by atoms with Gasteiger partial charge in [-0.1, -0.05) is 0 Å². The van der Waals surface area contributed by atoms with Gasteiger partial charge in [-0.2, -0.15) is 0 Å². The SMILES string of the molecule is CC(C(CC1CC(=O)OC1=O)S(=O)(=O)[O-])S(=O)(=O)[O-].[Li+].[Li+]. The van der Waals surface area contributed by atoms with Gasteiger partial charge in [-0.15, -0.1) is 0 Å². The van der Waals surface area contributed by atoms with E-state index in [1.165, 1.54) is 0 Å². The molecule has 0 aromatic rings. The monoisotopic (exact) mass is 328 g/mol. The van der Waals surface area contributed by atoms with Gasteiger partial charge >= 0.3 is 49.7 Å². The first kappa shape index (κ1) is 23.4. The zero-order chi connectivity index (χ0) is 15.0. The summed E-state index contributed by atoms with van der Waals surface area (Å²) in [6.07, 6.45) is -1.18. The fraction of sp³-hybridized carbons (Fsp3) is 0.750. The number of esters is 2. The Morgan fingerprint density at radius 1 is 1.14 bits per heavy atom. The van der Waals surface area contributed by atoms with Gasteiger partial charge in [-0.3, -0.25) is 9.59 Å². The van der Waals surface area contributed by atoms with Crippen LogP contribution in [0.5, 0.6) is 0 Å². The van der Waals surface area contributed by atoms with Crippen molar-refractivity contribution in [2.45, 2.75) is 30.3 Å². The van der Waals surface area contributed by atoms with Gasteiger partial charge in [0, 0.05) is 0 Å². The number of ether oxygens (including phenoxy) is 1. The van der Waals surface area contributed by atoms with Crippen LogP contribution >= 0.6 is 0 Å². The van der Waals surface area contributed by atoms with E-state index in [4.69, 9.17) is 0 Å². The molecule has 21 heavy (non-hydrogen) atoms. The second kappa shape index (κ2) is 8.13. The Morgan fingerprint density at radius 3 is 1.90 bits per heavy atom. The molecule has 0 N–H and O–H groups in total. The minimum Gasteiger partial charge on any atom is -0.748 e. The predicted octanol–water partition coefficient (Wildman–Crippen LogP) is -7.68. The third kappa shape index (κ3) is 6.42. The summed E-state index contributed by atoms with van der Waals surface area (Å²) in [7, 11) is -10.1. The van der Waals surface area contributed by atoms with Crippen molar-refractivity contribution in [3.63, 3.8) is 0 Å². The maximum Gasteiger partial charge on any atom is 1.00 e. The third-order valence-electron chi connectivity index (χ3n) is 2.83. The largest absolute Gasteiger partial charge is 1.00 e. The van der Waals surface area contributed by atoms with Gasteiger partial charge in [0.15, 0.2) is 0 Å². The molecule has 110 valence electrons. The standard InChI is InChI=1S/C8H12O9S2.2Li/c1-4(18(11,12)13)6(19(14,15)16)2-5-3-7(9)17-8(5)10;;/h4-6H,2-3H2,1H3,(H,11,12,13)(H,14,15,16);;/q;2*+1/p-2. The molecule has 0 aliphatic carbocycles. The van der Waals surface area contributed by atoms with E-state index < -0.39 is 61.4 Å². The van der Waals surface area contributed by atoms with Crippen molar-refractivity contribution >= 4 is 32.2 Å². The quantitative estimate of drug-likeness (QED) is 0.207. The zero-order valence-electron chi connectivity index (χ0n) is 11.6. The van der Waals surface area contributed by atoms with Crippen LogP contribution in [0.1, 0.15) is 19.8 Å². The summed E-state index contributed by atoms with van der Waals surface area (Å²) >= 11 is 0. The summed E-state index contributed by atoms with van der Waals surface area (Å²) in [6.45, 7) is 0.768. The number of cyclic esters (lactones) is 2. The van der Waals surface area contributed by atoms with E-state index in [0.29, 0.717) is 0 Å². The maximum absolute atomic E-state index is 11.2. The Balaban J connectivity index is 0. The van der Waals surface area contributed by atoms with Crippen molar-refractivity contribution in [1.82, 2.24) is 0 Å². The first-order valence-corrected chi connectivity index (χ1v) is 8.01. The fourth-order valence-corrected chi connectivity index (χ4v) is 3.95. The second-order valence-corrected chi connectivity index (χ2v) is 7.48. The van der Waals surface area contributed by atoms with Crippen molar-refractivity contribution in [3.05, 3.63) is 0 Å². The molecular formula is C8H10Li2O9S2. The van der Waals surface area contributed by atoms with Crippen LogP contribution in [0.15, 0.2) is 0 Å². The molecule has 1 saturated heterocycles. The molecule has 1 heterocycles. The van der Waals surface area contributed by atoms with Gasteiger partial charge in [0.1, 0.15) is 0 Å². The summed E-state index contributed by atoms with van der Waals surface area (Å²) < 4.78 is 69.5. The molecule has 3 atom stereocenters. The molecule has 3 unspecified atom stereocenters. The molecule has 0 spiro atoms. The first-order chi connectivity index (χ1) is 8.43. The second-order valence-electron chi connectivity index (χ2n) is 4.16. The topological polar surface area (TPSA) is 158 Å². The van der Waals surface area contributed by atoms with Crippen LogP contribution in [0.3, 0.4) is 0 Å². The van der Waals surface area contributed by atoms with Crippen LogP contribution < -0.4 is 37.7 Å². The van der Waals surface area contributed by atoms with E-state index in [1.54, 1.807) is 0 Å². The Hall–Kier alpha value is 0.155. The molecule has 1 fully saturated rings. The summed E-state index contributed by atoms with van der Waals surface area (Å²) in [5.74, 6) is -3.16. The Labute approximate surface area is 146 Å². The van der Waals surface area contributed by atoms with Crippen molar-refractivity contribution in [1.29, 1.82) is 0 Å². The van der Waals surface area contributed by atoms with Gasteiger partial charge in [0.2, 0.25) is 0 Å². The molecular weight excluding hydrogens is 318 g/mol. The molecule has 1 aliphatic heterocycles. The molecule has 0 bridgehead atoms. The molecule has 0 amide bonds. The van der Waals surface area contributed by atoms with Crippen LogP contribution in [0, 0.1) is 5.92 Å². The van der Waals surface area contributed by atoms with E-state index in [9.17, 15) is 35.5 Å². The summed E-state index contributed by atoms with van der Waals surface area (Å²) in [5.41, 5.74) is 0. The normalized spacial score (nSPS) is 21.8. The molecule has 1 aliphatic rings. The summed E-state index contributed by atoms with van der Waals surface area (Å²) in [5, 5.41) is -4.11.